The van der Waals surface area contributed by atoms with E-state index in [1.165, 1.54) is 12.8 Å². The molecule has 1 fully saturated rings. The zero-order valence-electron chi connectivity index (χ0n) is 10.7. The van der Waals surface area contributed by atoms with Crippen molar-refractivity contribution in [2.45, 2.75) is 44.9 Å². The predicted molar refractivity (Wildman–Crippen MR) is 64.5 cm³/mol. The van der Waals surface area contributed by atoms with Gasteiger partial charge in [0, 0.05) is 24.9 Å². The molecule has 1 saturated heterocycles. The second-order valence-electron chi connectivity index (χ2n) is 5.41. The van der Waals surface area contributed by atoms with E-state index >= 15 is 0 Å². The topological polar surface area (TPSA) is 42.7 Å². The van der Waals surface area contributed by atoms with E-state index in [1.807, 2.05) is 11.7 Å². The van der Waals surface area contributed by atoms with Crippen LogP contribution in [0.15, 0.2) is 0 Å². The quantitative estimate of drug-likeness (QED) is 0.826. The Morgan fingerprint density at radius 2 is 2.19 bits per heavy atom. The van der Waals surface area contributed by atoms with Gasteiger partial charge in [0.25, 0.3) is 0 Å². The minimum Gasteiger partial charge on any atom is -0.316 e. The first kappa shape index (κ1) is 11.6. The lowest BCUT2D eigenvalue weighted by molar-refractivity contribution is 0.314. The normalized spacial score (nSPS) is 26.3. The smallest absolute Gasteiger partial charge is 0.153 e. The highest BCUT2D eigenvalue weighted by Crippen LogP contribution is 2.29. The van der Waals surface area contributed by atoms with Crippen LogP contribution in [0.25, 0.3) is 0 Å². The Morgan fingerprint density at radius 3 is 2.69 bits per heavy atom. The largest absolute Gasteiger partial charge is 0.316 e. The van der Waals surface area contributed by atoms with Crippen LogP contribution < -0.4 is 5.32 Å². The Morgan fingerprint density at radius 1 is 1.44 bits per heavy atom. The summed E-state index contributed by atoms with van der Waals surface area (Å²) in [6, 6.07) is 0. The van der Waals surface area contributed by atoms with Crippen LogP contribution >= 0.6 is 0 Å². The van der Waals surface area contributed by atoms with Crippen LogP contribution in [-0.4, -0.2) is 27.9 Å². The Balaban J connectivity index is 2.31. The van der Waals surface area contributed by atoms with E-state index in [-0.39, 0.29) is 5.41 Å². The third-order valence-electron chi connectivity index (χ3n) is 3.43. The van der Waals surface area contributed by atoms with Crippen molar-refractivity contribution in [2.75, 3.05) is 13.1 Å². The van der Waals surface area contributed by atoms with E-state index in [2.05, 4.69) is 31.2 Å². The maximum Gasteiger partial charge on any atom is 0.153 e. The van der Waals surface area contributed by atoms with Gasteiger partial charge in [-0.1, -0.05) is 20.8 Å². The Labute approximate surface area is 97.5 Å². The molecule has 0 saturated carbocycles. The molecule has 0 amide bonds. The molecule has 2 rings (SSSR count). The zero-order valence-corrected chi connectivity index (χ0v) is 10.7. The van der Waals surface area contributed by atoms with Crippen molar-refractivity contribution >= 4 is 0 Å². The number of aryl methyl sites for hydroxylation is 1. The van der Waals surface area contributed by atoms with Crippen molar-refractivity contribution < 1.29 is 0 Å². The number of nitrogens with one attached hydrogen (secondary N) is 1. The Hall–Kier alpha value is -0.900. The number of hydrogen-bond acceptors (Lipinski definition) is 3. The van der Waals surface area contributed by atoms with Crippen LogP contribution in [0.5, 0.6) is 0 Å². The van der Waals surface area contributed by atoms with E-state index < -0.39 is 0 Å². The van der Waals surface area contributed by atoms with Crippen molar-refractivity contribution in [2.24, 2.45) is 7.05 Å². The molecule has 1 aliphatic heterocycles. The molecular formula is C12H22N4. The van der Waals surface area contributed by atoms with Gasteiger partial charge in [0.1, 0.15) is 5.82 Å². The summed E-state index contributed by atoms with van der Waals surface area (Å²) in [7, 11) is 2.01. The summed E-state index contributed by atoms with van der Waals surface area (Å²) in [5, 5.41) is 7.97. The molecule has 1 N–H and O–H groups in total. The first-order valence-electron chi connectivity index (χ1n) is 6.15. The second-order valence-corrected chi connectivity index (χ2v) is 5.41. The van der Waals surface area contributed by atoms with Gasteiger partial charge in [0.05, 0.1) is 0 Å². The molecule has 1 unspecified atom stereocenters. The molecule has 0 spiro atoms. The molecule has 0 radical (unpaired) electrons. The van der Waals surface area contributed by atoms with Crippen LogP contribution in [0.1, 0.15) is 51.2 Å². The van der Waals surface area contributed by atoms with Gasteiger partial charge in [-0.25, -0.2) is 4.98 Å². The van der Waals surface area contributed by atoms with E-state index in [0.717, 1.165) is 24.7 Å². The number of piperidine rings is 1. The fourth-order valence-electron chi connectivity index (χ4n) is 2.42. The van der Waals surface area contributed by atoms with Gasteiger partial charge in [-0.3, -0.25) is 4.68 Å². The summed E-state index contributed by atoms with van der Waals surface area (Å²) in [5.74, 6) is 2.49. The summed E-state index contributed by atoms with van der Waals surface area (Å²) >= 11 is 0. The average Bonchev–Trinajstić information content (AvgIpc) is 2.62. The van der Waals surface area contributed by atoms with Gasteiger partial charge >= 0.3 is 0 Å². The molecule has 1 aromatic rings. The number of hydrogen-bond donors (Lipinski definition) is 1. The fourth-order valence-corrected chi connectivity index (χ4v) is 2.42. The number of aromatic nitrogens is 3. The third-order valence-corrected chi connectivity index (χ3v) is 3.43. The SMILES string of the molecule is CC(C)c1nc(C2(C)CCCNC2)n(C)n1. The third kappa shape index (κ3) is 1.98. The van der Waals surface area contributed by atoms with Crippen LogP contribution in [-0.2, 0) is 12.5 Å². The summed E-state index contributed by atoms with van der Waals surface area (Å²) in [6.07, 6.45) is 2.42. The van der Waals surface area contributed by atoms with Crippen LogP contribution in [0.2, 0.25) is 0 Å². The molecule has 1 aromatic heterocycles. The zero-order chi connectivity index (χ0) is 11.8. The maximum absolute atomic E-state index is 4.72. The van der Waals surface area contributed by atoms with E-state index in [0.29, 0.717) is 5.92 Å². The molecular weight excluding hydrogens is 200 g/mol. The minimum atomic E-state index is 0.146. The maximum atomic E-state index is 4.72. The molecule has 90 valence electrons. The van der Waals surface area contributed by atoms with E-state index in [4.69, 9.17) is 4.98 Å². The van der Waals surface area contributed by atoms with Gasteiger partial charge < -0.3 is 5.32 Å². The molecule has 1 aliphatic rings. The summed E-state index contributed by atoms with van der Waals surface area (Å²) in [6.45, 7) is 8.70. The van der Waals surface area contributed by atoms with Gasteiger partial charge in [0.15, 0.2) is 5.82 Å². The first-order chi connectivity index (χ1) is 7.53. The lowest BCUT2D eigenvalue weighted by Gasteiger charge is -2.32. The molecule has 0 aliphatic carbocycles. The summed E-state index contributed by atoms with van der Waals surface area (Å²) in [5.41, 5.74) is 0.146. The van der Waals surface area contributed by atoms with Gasteiger partial charge in [-0.2, -0.15) is 5.10 Å². The van der Waals surface area contributed by atoms with Crippen molar-refractivity contribution in [1.82, 2.24) is 20.1 Å². The molecule has 1 atom stereocenters. The number of rotatable bonds is 2. The highest BCUT2D eigenvalue weighted by atomic mass is 15.3. The fraction of sp³-hybridized carbons (Fsp3) is 0.833. The van der Waals surface area contributed by atoms with Gasteiger partial charge in [-0.15, -0.1) is 0 Å². The van der Waals surface area contributed by atoms with Gasteiger partial charge in [-0.05, 0) is 19.4 Å². The minimum absolute atomic E-state index is 0.146. The highest BCUT2D eigenvalue weighted by molar-refractivity contribution is 5.11. The van der Waals surface area contributed by atoms with E-state index in [9.17, 15) is 0 Å². The first-order valence-corrected chi connectivity index (χ1v) is 6.15. The van der Waals surface area contributed by atoms with Gasteiger partial charge in [0.2, 0.25) is 0 Å². The molecule has 2 heterocycles. The summed E-state index contributed by atoms with van der Waals surface area (Å²) < 4.78 is 1.96. The average molecular weight is 222 g/mol. The monoisotopic (exact) mass is 222 g/mol. The lowest BCUT2D eigenvalue weighted by atomic mass is 9.82. The predicted octanol–water partition coefficient (Wildman–Crippen LogP) is 1.58. The molecule has 0 aromatic carbocycles. The highest BCUT2D eigenvalue weighted by Gasteiger charge is 2.33. The van der Waals surface area contributed by atoms with Crippen molar-refractivity contribution in [3.63, 3.8) is 0 Å². The molecule has 4 nitrogen and oxygen atoms in total. The molecule has 4 heteroatoms. The van der Waals surface area contributed by atoms with Crippen molar-refractivity contribution in [3.8, 4) is 0 Å². The van der Waals surface area contributed by atoms with Crippen LogP contribution in [0.4, 0.5) is 0 Å². The second kappa shape index (κ2) is 4.17. The Kier molecular flexibility index (Phi) is 3.02. The van der Waals surface area contributed by atoms with Crippen molar-refractivity contribution in [3.05, 3.63) is 11.6 Å². The Bertz CT molecular complexity index is 361. The standard InChI is InChI=1S/C12H22N4/c1-9(2)10-14-11(16(4)15-10)12(3)6-5-7-13-8-12/h9,13H,5-8H2,1-4H3. The van der Waals surface area contributed by atoms with Crippen LogP contribution in [0.3, 0.4) is 0 Å². The lowest BCUT2D eigenvalue weighted by Crippen LogP contribution is -2.42. The summed E-state index contributed by atoms with van der Waals surface area (Å²) in [4.78, 5) is 4.72. The van der Waals surface area contributed by atoms with Crippen LogP contribution in [0, 0.1) is 0 Å². The molecule has 0 bridgehead atoms. The van der Waals surface area contributed by atoms with Crippen molar-refractivity contribution in [1.29, 1.82) is 0 Å². The number of nitrogens with zero attached hydrogens (tertiary/aromatic N) is 3. The van der Waals surface area contributed by atoms with E-state index in [1.54, 1.807) is 0 Å². The molecule has 16 heavy (non-hydrogen) atoms.